The van der Waals surface area contributed by atoms with Gasteiger partial charge in [0.25, 0.3) is 0 Å². The number of nitrogens with zero attached hydrogens (tertiary/aromatic N) is 1. The van der Waals surface area contributed by atoms with Crippen molar-refractivity contribution < 1.29 is 4.79 Å². The topological polar surface area (TPSA) is 68.0 Å². The lowest BCUT2D eigenvalue weighted by Crippen LogP contribution is -2.25. The molecule has 0 radical (unpaired) electrons. The van der Waals surface area contributed by atoms with E-state index in [-0.39, 0.29) is 12.5 Å². The summed E-state index contributed by atoms with van der Waals surface area (Å²) < 4.78 is 0. The largest absolute Gasteiger partial charge is 0.397 e. The van der Waals surface area contributed by atoms with E-state index >= 15 is 0 Å². The molecule has 0 aromatic carbocycles. The summed E-state index contributed by atoms with van der Waals surface area (Å²) in [5.74, 6) is 2.53. The Balaban J connectivity index is 2.41. The lowest BCUT2D eigenvalue weighted by molar-refractivity contribution is -0.118. The number of amides is 1. The number of nitrogens with one attached hydrogen (secondary N) is 1. The average molecular weight is 221 g/mol. The zero-order valence-corrected chi connectivity index (χ0v) is 8.88. The van der Waals surface area contributed by atoms with Gasteiger partial charge in [-0.2, -0.15) is 0 Å². The number of nitrogens with two attached hydrogens (primary N) is 1. The zero-order chi connectivity index (χ0) is 11.1. The fourth-order valence-electron chi connectivity index (χ4n) is 0.869. The first-order valence-corrected chi connectivity index (χ1v) is 5.25. The van der Waals surface area contributed by atoms with Crippen molar-refractivity contribution >= 4 is 23.4 Å². The summed E-state index contributed by atoms with van der Waals surface area (Å²) in [6.07, 6.45) is 8.20. The number of terminal acetylenes is 1. The maximum absolute atomic E-state index is 11.2. The van der Waals surface area contributed by atoms with Crippen LogP contribution in [0.15, 0.2) is 23.4 Å². The normalized spacial score (nSPS) is 9.27. The van der Waals surface area contributed by atoms with E-state index in [1.165, 1.54) is 11.8 Å². The van der Waals surface area contributed by atoms with Gasteiger partial charge in [0, 0.05) is 11.1 Å². The molecule has 1 amide bonds. The number of anilines is 1. The van der Waals surface area contributed by atoms with Crippen LogP contribution in [0.25, 0.3) is 0 Å². The summed E-state index contributed by atoms with van der Waals surface area (Å²) in [6.45, 7) is 0.255. The van der Waals surface area contributed by atoms with Crippen LogP contribution in [0.2, 0.25) is 0 Å². The van der Waals surface area contributed by atoms with Gasteiger partial charge < -0.3 is 11.1 Å². The van der Waals surface area contributed by atoms with E-state index in [1.54, 1.807) is 18.5 Å². The lowest BCUT2D eigenvalue weighted by Gasteiger charge is -2.03. The number of carbonyl (C=O) groups excluding carboxylic acids is 1. The molecule has 15 heavy (non-hydrogen) atoms. The number of thioether (sulfide) groups is 1. The van der Waals surface area contributed by atoms with Crippen LogP contribution >= 0.6 is 11.8 Å². The summed E-state index contributed by atoms with van der Waals surface area (Å²) in [4.78, 5) is 15.9. The van der Waals surface area contributed by atoms with E-state index in [4.69, 9.17) is 12.2 Å². The molecule has 0 bridgehead atoms. The van der Waals surface area contributed by atoms with Crippen LogP contribution in [0, 0.1) is 12.3 Å². The molecule has 0 spiro atoms. The van der Waals surface area contributed by atoms with Gasteiger partial charge >= 0.3 is 0 Å². The molecule has 5 heteroatoms. The molecule has 0 atom stereocenters. The Hall–Kier alpha value is -1.67. The molecule has 0 aliphatic carbocycles. The zero-order valence-electron chi connectivity index (χ0n) is 8.06. The van der Waals surface area contributed by atoms with E-state index < -0.39 is 0 Å². The van der Waals surface area contributed by atoms with Crippen LogP contribution in [0.5, 0.6) is 0 Å². The molecule has 0 aliphatic rings. The number of aromatic nitrogens is 1. The minimum atomic E-state index is -0.103. The quantitative estimate of drug-likeness (QED) is 0.574. The van der Waals surface area contributed by atoms with Crippen molar-refractivity contribution in [1.82, 2.24) is 10.3 Å². The van der Waals surface area contributed by atoms with Gasteiger partial charge in [0.15, 0.2) is 0 Å². The molecule has 4 nitrogen and oxygen atoms in total. The Morgan fingerprint density at radius 3 is 3.20 bits per heavy atom. The van der Waals surface area contributed by atoms with Crippen LogP contribution in [0.3, 0.4) is 0 Å². The number of carbonyl (C=O) groups is 1. The minimum absolute atomic E-state index is 0.103. The second-order valence-electron chi connectivity index (χ2n) is 2.68. The molecule has 3 N–H and O–H groups in total. The van der Waals surface area contributed by atoms with Gasteiger partial charge in [-0.25, -0.2) is 0 Å². The first kappa shape index (κ1) is 11.4. The van der Waals surface area contributed by atoms with Crippen LogP contribution < -0.4 is 11.1 Å². The fraction of sp³-hybridized carbons (Fsp3) is 0.200. The molecule has 1 aromatic rings. The van der Waals surface area contributed by atoms with Gasteiger partial charge in [0.1, 0.15) is 0 Å². The predicted molar refractivity (Wildman–Crippen MR) is 61.2 cm³/mol. The highest BCUT2D eigenvalue weighted by atomic mass is 32.2. The Kier molecular flexibility index (Phi) is 4.51. The summed E-state index contributed by atoms with van der Waals surface area (Å²) in [5.41, 5.74) is 6.24. The van der Waals surface area contributed by atoms with Crippen LogP contribution in [-0.2, 0) is 4.79 Å². The summed E-state index contributed by atoms with van der Waals surface area (Å²) in [7, 11) is 0. The van der Waals surface area contributed by atoms with Crippen molar-refractivity contribution in [2.45, 2.75) is 4.90 Å². The van der Waals surface area contributed by atoms with Gasteiger partial charge in [0.2, 0.25) is 5.91 Å². The van der Waals surface area contributed by atoms with Crippen LogP contribution in [0.1, 0.15) is 0 Å². The molecule has 0 fully saturated rings. The molecule has 0 unspecified atom stereocenters. The predicted octanol–water partition coefficient (Wildman–Crippen LogP) is 0.505. The molecule has 1 aromatic heterocycles. The number of pyridine rings is 1. The molecular weight excluding hydrogens is 210 g/mol. The lowest BCUT2D eigenvalue weighted by atomic mass is 10.4. The Morgan fingerprint density at radius 2 is 2.53 bits per heavy atom. The summed E-state index contributed by atoms with van der Waals surface area (Å²) in [5, 5.41) is 2.57. The highest BCUT2D eigenvalue weighted by molar-refractivity contribution is 8.00. The standard InChI is InChI=1S/C10H11N3OS/c1-2-4-13-10(14)7-15-9-3-5-12-6-8(9)11/h1,3,5-6H,4,7,11H2,(H,13,14). The third-order valence-corrected chi connectivity index (χ3v) is 2.65. The third-order valence-electron chi connectivity index (χ3n) is 1.56. The van der Waals surface area contributed by atoms with Crippen LogP contribution in [-0.4, -0.2) is 23.2 Å². The second kappa shape index (κ2) is 5.94. The van der Waals surface area contributed by atoms with Gasteiger partial charge in [-0.15, -0.1) is 18.2 Å². The Morgan fingerprint density at radius 1 is 1.73 bits per heavy atom. The number of rotatable bonds is 4. The van der Waals surface area contributed by atoms with Gasteiger partial charge in [-0.3, -0.25) is 9.78 Å². The van der Waals surface area contributed by atoms with Crippen molar-refractivity contribution in [2.24, 2.45) is 0 Å². The number of hydrogen-bond acceptors (Lipinski definition) is 4. The molecule has 1 rings (SSSR count). The molecule has 78 valence electrons. The van der Waals surface area contributed by atoms with Gasteiger partial charge in [-0.1, -0.05) is 5.92 Å². The SMILES string of the molecule is C#CCNC(=O)CSc1ccncc1N. The minimum Gasteiger partial charge on any atom is -0.397 e. The van der Waals surface area contributed by atoms with E-state index in [9.17, 15) is 4.79 Å². The maximum atomic E-state index is 11.2. The van der Waals surface area contributed by atoms with Crippen molar-refractivity contribution in [3.05, 3.63) is 18.5 Å². The monoisotopic (exact) mass is 221 g/mol. The first-order chi connectivity index (χ1) is 7.24. The van der Waals surface area contributed by atoms with E-state index in [1.807, 2.05) is 0 Å². The van der Waals surface area contributed by atoms with Gasteiger partial charge in [-0.05, 0) is 6.07 Å². The Labute approximate surface area is 92.6 Å². The van der Waals surface area contributed by atoms with Crippen LogP contribution in [0.4, 0.5) is 5.69 Å². The third kappa shape index (κ3) is 3.92. The second-order valence-corrected chi connectivity index (χ2v) is 3.70. The molecule has 0 aliphatic heterocycles. The van der Waals surface area contributed by atoms with Gasteiger partial charge in [0.05, 0.1) is 24.2 Å². The summed E-state index contributed by atoms with van der Waals surface area (Å²) >= 11 is 1.36. The maximum Gasteiger partial charge on any atom is 0.231 e. The summed E-state index contributed by atoms with van der Waals surface area (Å²) in [6, 6.07) is 1.77. The first-order valence-electron chi connectivity index (χ1n) is 4.26. The molecule has 0 saturated carbocycles. The Bertz CT molecular complexity index is 386. The number of hydrogen-bond donors (Lipinski definition) is 2. The van der Waals surface area contributed by atoms with Crippen molar-refractivity contribution in [2.75, 3.05) is 18.0 Å². The molecule has 0 saturated heterocycles. The highest BCUT2D eigenvalue weighted by Gasteiger charge is 2.03. The van der Waals surface area contributed by atoms with E-state index in [2.05, 4.69) is 16.2 Å². The number of nitrogen functional groups attached to an aromatic ring is 1. The van der Waals surface area contributed by atoms with Crippen molar-refractivity contribution in [3.63, 3.8) is 0 Å². The fourth-order valence-corrected chi connectivity index (χ4v) is 1.63. The average Bonchev–Trinajstić information content (AvgIpc) is 2.25. The highest BCUT2D eigenvalue weighted by Crippen LogP contribution is 2.22. The van der Waals surface area contributed by atoms with Crippen molar-refractivity contribution in [1.29, 1.82) is 0 Å². The molecular formula is C10H11N3OS. The molecule has 1 heterocycles. The van der Waals surface area contributed by atoms with Crippen molar-refractivity contribution in [3.8, 4) is 12.3 Å². The van der Waals surface area contributed by atoms with E-state index in [0.717, 1.165) is 4.90 Å². The van der Waals surface area contributed by atoms with E-state index in [0.29, 0.717) is 11.4 Å². The smallest absolute Gasteiger partial charge is 0.231 e.